The minimum atomic E-state index is -1.09. The fourth-order valence-corrected chi connectivity index (χ4v) is 3.91. The minimum Gasteiger partial charge on any atom is -0.493 e. The van der Waals surface area contributed by atoms with Gasteiger partial charge in [0.05, 0.1) is 34.5 Å². The molecule has 0 aromatic heterocycles. The maximum Gasteiger partial charge on any atom is 0.323 e. The molecule has 9 heteroatoms. The number of aliphatic hydroxyl groups is 1. The molecule has 0 spiro atoms. The van der Waals surface area contributed by atoms with E-state index in [4.69, 9.17) is 23.7 Å². The fraction of sp³-hybridized carbons (Fsp3) is 0.300. The number of methoxy groups -OCH3 is 4. The summed E-state index contributed by atoms with van der Waals surface area (Å²) in [6.07, 6.45) is 2.89. The molecule has 0 aliphatic rings. The minimum absolute atomic E-state index is 0.315. The molecule has 9 nitrogen and oxygen atoms in total. The lowest BCUT2D eigenvalue weighted by atomic mass is 10.1. The van der Waals surface area contributed by atoms with Crippen molar-refractivity contribution >= 4 is 18.1 Å². The van der Waals surface area contributed by atoms with Crippen LogP contribution in [-0.2, 0) is 17.9 Å². The number of ether oxygens (including phenoxy) is 5. The summed E-state index contributed by atoms with van der Waals surface area (Å²) in [6.45, 7) is 2.07. The van der Waals surface area contributed by atoms with Gasteiger partial charge in [0.2, 0.25) is 5.75 Å². The Kier molecular flexibility index (Phi) is 10.6. The molecule has 39 heavy (non-hydrogen) atoms. The normalized spacial score (nSPS) is 12.6. The summed E-state index contributed by atoms with van der Waals surface area (Å²) in [7, 11) is 6.31. The molecule has 0 unspecified atom stereocenters. The summed E-state index contributed by atoms with van der Waals surface area (Å²) in [5, 5.41) is 21.7. The van der Waals surface area contributed by atoms with Crippen molar-refractivity contribution in [1.29, 1.82) is 0 Å². The van der Waals surface area contributed by atoms with Gasteiger partial charge < -0.3 is 33.9 Å². The molecule has 3 aromatic rings. The van der Waals surface area contributed by atoms with Gasteiger partial charge in [-0.05, 0) is 53.4 Å². The van der Waals surface area contributed by atoms with Crippen LogP contribution in [0.2, 0.25) is 0 Å². The van der Waals surface area contributed by atoms with Crippen molar-refractivity contribution in [3.05, 3.63) is 76.9 Å². The van der Waals surface area contributed by atoms with Crippen LogP contribution in [0.1, 0.15) is 29.2 Å². The van der Waals surface area contributed by atoms with Crippen LogP contribution >= 0.6 is 0 Å². The number of hydrogen-bond donors (Lipinski definition) is 3. The largest absolute Gasteiger partial charge is 0.493 e. The Balaban J connectivity index is 1.69. The third-order valence-electron chi connectivity index (χ3n) is 6.03. The van der Waals surface area contributed by atoms with Crippen LogP contribution in [0.4, 0.5) is 0 Å². The molecule has 0 aliphatic heterocycles. The molecule has 3 aromatic carbocycles. The molecule has 0 saturated carbocycles. The molecular weight excluding hydrogens is 502 g/mol. The Morgan fingerprint density at radius 2 is 1.36 bits per heavy atom. The van der Waals surface area contributed by atoms with E-state index < -0.39 is 18.1 Å². The second kappa shape index (κ2) is 14.1. The first-order chi connectivity index (χ1) is 18.8. The van der Waals surface area contributed by atoms with Gasteiger partial charge in [0.25, 0.3) is 0 Å². The van der Waals surface area contributed by atoms with E-state index in [-0.39, 0.29) is 0 Å². The Labute approximate surface area is 228 Å². The Morgan fingerprint density at radius 1 is 0.795 bits per heavy atom. The van der Waals surface area contributed by atoms with Crippen LogP contribution in [-0.4, -0.2) is 56.8 Å². The van der Waals surface area contributed by atoms with E-state index in [2.05, 4.69) is 5.32 Å². The summed E-state index contributed by atoms with van der Waals surface area (Å²) in [5.41, 5.74) is 3.61. The Bertz CT molecular complexity index is 1250. The van der Waals surface area contributed by atoms with Crippen molar-refractivity contribution in [2.45, 2.75) is 32.2 Å². The van der Waals surface area contributed by atoms with E-state index in [9.17, 15) is 15.0 Å². The summed E-state index contributed by atoms with van der Waals surface area (Å²) in [5.74, 6) is 1.79. The Hall–Kier alpha value is -4.21. The number of carboxylic acids is 1. The van der Waals surface area contributed by atoms with Crippen molar-refractivity contribution in [1.82, 2.24) is 5.32 Å². The predicted octanol–water partition coefficient (Wildman–Crippen LogP) is 4.39. The van der Waals surface area contributed by atoms with Gasteiger partial charge in [-0.15, -0.1) is 0 Å². The monoisotopic (exact) mass is 537 g/mol. The summed E-state index contributed by atoms with van der Waals surface area (Å²) in [4.78, 5) is 11.2. The van der Waals surface area contributed by atoms with Gasteiger partial charge >= 0.3 is 5.97 Å². The summed E-state index contributed by atoms with van der Waals surface area (Å²) >= 11 is 0. The van der Waals surface area contributed by atoms with Crippen LogP contribution in [0.25, 0.3) is 12.2 Å². The van der Waals surface area contributed by atoms with E-state index in [1.54, 1.807) is 28.4 Å². The van der Waals surface area contributed by atoms with Gasteiger partial charge in [-0.1, -0.05) is 42.5 Å². The number of carbonyl (C=O) groups is 1. The molecular formula is C30H35NO8. The molecule has 3 N–H and O–H groups in total. The Morgan fingerprint density at radius 3 is 1.90 bits per heavy atom. The lowest BCUT2D eigenvalue weighted by molar-refractivity contribution is -0.142. The van der Waals surface area contributed by atoms with Crippen molar-refractivity contribution in [2.24, 2.45) is 0 Å². The molecule has 0 fully saturated rings. The average Bonchev–Trinajstić information content (AvgIpc) is 2.94. The van der Waals surface area contributed by atoms with Crippen LogP contribution in [0.5, 0.6) is 28.7 Å². The van der Waals surface area contributed by atoms with Gasteiger partial charge in [0.1, 0.15) is 12.6 Å². The second-order valence-electron chi connectivity index (χ2n) is 8.74. The maximum atomic E-state index is 11.2. The highest BCUT2D eigenvalue weighted by Gasteiger charge is 2.22. The number of benzene rings is 3. The van der Waals surface area contributed by atoms with Crippen molar-refractivity contribution < 1.29 is 38.7 Å². The number of aliphatic carboxylic acids is 1. The number of rotatable bonds is 14. The lowest BCUT2D eigenvalue weighted by Gasteiger charge is -2.17. The lowest BCUT2D eigenvalue weighted by Crippen LogP contribution is -2.44. The van der Waals surface area contributed by atoms with Gasteiger partial charge in [0.15, 0.2) is 23.0 Å². The smallest absolute Gasteiger partial charge is 0.323 e. The van der Waals surface area contributed by atoms with Crippen LogP contribution < -0.4 is 29.0 Å². The molecule has 0 amide bonds. The molecule has 0 radical (unpaired) electrons. The fourth-order valence-electron chi connectivity index (χ4n) is 3.91. The van der Waals surface area contributed by atoms with Crippen molar-refractivity contribution in [2.75, 3.05) is 28.4 Å². The third kappa shape index (κ3) is 7.89. The number of hydrogen-bond acceptors (Lipinski definition) is 8. The standard InChI is InChI=1S/C30H35NO8/c1-19(32)28(30(33)34)31-17-21-7-9-22(10-8-21)18-39-25-14-20(12-13-24(25)35-2)6-11-23-15-26(36-3)29(38-5)27(16-23)37-4/h6-16,19,28,31-32H,17-18H2,1-5H3,(H,33,34)/b11-6-/t19-,28-/m0/s1. The van der Waals surface area contributed by atoms with Crippen LogP contribution in [0, 0.1) is 0 Å². The highest BCUT2D eigenvalue weighted by molar-refractivity contribution is 5.74. The zero-order valence-corrected chi connectivity index (χ0v) is 22.8. The number of aliphatic hydroxyl groups excluding tert-OH is 1. The topological polar surface area (TPSA) is 116 Å². The molecule has 0 saturated heterocycles. The molecule has 208 valence electrons. The second-order valence-corrected chi connectivity index (χ2v) is 8.74. The average molecular weight is 538 g/mol. The van der Waals surface area contributed by atoms with E-state index in [0.717, 1.165) is 22.3 Å². The van der Waals surface area contributed by atoms with Gasteiger partial charge in [0, 0.05) is 6.54 Å². The molecule has 0 aliphatic carbocycles. The van der Waals surface area contributed by atoms with E-state index in [0.29, 0.717) is 41.9 Å². The predicted molar refractivity (Wildman–Crippen MR) is 149 cm³/mol. The highest BCUT2D eigenvalue weighted by atomic mass is 16.5. The van der Waals surface area contributed by atoms with Crippen LogP contribution in [0.3, 0.4) is 0 Å². The van der Waals surface area contributed by atoms with E-state index in [1.807, 2.05) is 66.7 Å². The van der Waals surface area contributed by atoms with Gasteiger partial charge in [-0.2, -0.15) is 0 Å². The van der Waals surface area contributed by atoms with Crippen molar-refractivity contribution in [3.8, 4) is 28.7 Å². The van der Waals surface area contributed by atoms with E-state index in [1.165, 1.54) is 6.92 Å². The molecule has 2 atom stereocenters. The molecule has 3 rings (SSSR count). The number of carboxylic acid groups (broad SMARTS) is 1. The number of nitrogens with one attached hydrogen (secondary N) is 1. The SMILES string of the molecule is COc1ccc(/C=C\c2cc(OC)c(OC)c(OC)c2)cc1OCc1ccc(CN[C@H](C(=O)O)[C@H](C)O)cc1. The van der Waals surface area contributed by atoms with Gasteiger partial charge in [-0.3, -0.25) is 10.1 Å². The van der Waals surface area contributed by atoms with Crippen LogP contribution in [0.15, 0.2) is 54.6 Å². The highest BCUT2D eigenvalue weighted by Crippen LogP contribution is 2.38. The third-order valence-corrected chi connectivity index (χ3v) is 6.03. The molecule has 0 bridgehead atoms. The first kappa shape index (κ1) is 29.3. The zero-order chi connectivity index (χ0) is 28.4. The van der Waals surface area contributed by atoms with E-state index >= 15 is 0 Å². The first-order valence-electron chi connectivity index (χ1n) is 12.3. The van der Waals surface area contributed by atoms with Gasteiger partial charge in [-0.25, -0.2) is 0 Å². The maximum absolute atomic E-state index is 11.2. The quantitative estimate of drug-likeness (QED) is 0.258. The summed E-state index contributed by atoms with van der Waals surface area (Å²) in [6, 6.07) is 16.0. The first-order valence-corrected chi connectivity index (χ1v) is 12.3. The summed E-state index contributed by atoms with van der Waals surface area (Å²) < 4.78 is 27.8. The van der Waals surface area contributed by atoms with Crippen molar-refractivity contribution in [3.63, 3.8) is 0 Å². The zero-order valence-electron chi connectivity index (χ0n) is 22.8. The molecule has 0 heterocycles.